The first-order chi connectivity index (χ1) is 16.9. The van der Waals surface area contributed by atoms with Gasteiger partial charge in [-0.3, -0.25) is 14.5 Å². The molecule has 1 unspecified atom stereocenters. The van der Waals surface area contributed by atoms with E-state index in [1.54, 1.807) is 18.2 Å². The molecule has 2 aliphatic heterocycles. The number of fused-ring (bicyclic) bond motifs is 1. The lowest BCUT2D eigenvalue weighted by molar-refractivity contribution is -0.118. The van der Waals surface area contributed by atoms with Crippen molar-refractivity contribution in [2.24, 2.45) is 0 Å². The average molecular weight is 471 g/mol. The first-order valence-electron chi connectivity index (χ1n) is 11.4. The molecule has 0 spiro atoms. The van der Waals surface area contributed by atoms with E-state index in [2.05, 4.69) is 0 Å². The van der Waals surface area contributed by atoms with E-state index in [1.165, 1.54) is 4.90 Å². The molecule has 0 bridgehead atoms. The summed E-state index contributed by atoms with van der Waals surface area (Å²) in [7, 11) is 3.88. The first-order valence-corrected chi connectivity index (χ1v) is 11.4. The van der Waals surface area contributed by atoms with Crippen molar-refractivity contribution in [3.8, 4) is 11.5 Å². The van der Waals surface area contributed by atoms with Crippen molar-refractivity contribution in [2.45, 2.75) is 18.9 Å². The third-order valence-corrected chi connectivity index (χ3v) is 6.35. The number of ether oxygens (including phenoxy) is 2. The fourth-order valence-electron chi connectivity index (χ4n) is 4.50. The van der Waals surface area contributed by atoms with Gasteiger partial charge in [0.1, 0.15) is 0 Å². The largest absolute Gasteiger partial charge is 0.503 e. The van der Waals surface area contributed by atoms with Crippen LogP contribution in [0.15, 0.2) is 84.1 Å². The van der Waals surface area contributed by atoms with Gasteiger partial charge in [-0.1, -0.05) is 42.5 Å². The number of ketones is 1. The minimum Gasteiger partial charge on any atom is -0.503 e. The number of amides is 1. The van der Waals surface area contributed by atoms with Gasteiger partial charge in [-0.15, -0.1) is 0 Å². The molecule has 2 aliphatic rings. The molecule has 1 atom stereocenters. The Labute approximate surface area is 203 Å². The highest BCUT2D eigenvalue weighted by Gasteiger charge is 2.44. The van der Waals surface area contributed by atoms with Crippen molar-refractivity contribution >= 4 is 23.1 Å². The Hall–Kier alpha value is -4.26. The van der Waals surface area contributed by atoms with Crippen LogP contribution >= 0.6 is 0 Å². The maximum Gasteiger partial charge on any atom is 0.294 e. The standard InChI is InChI=1S/C28H26N2O5/c1-29(2)20-11-9-19(10-12-20)26-25(22(31)14-8-18-6-4-3-5-7-18)27(32)28(33)30(26)21-13-15-23-24(16-21)35-17-34-23/h3-7,9-13,15-16,26,32H,8,14,17H2,1-2H3. The summed E-state index contributed by atoms with van der Waals surface area (Å²) in [5.74, 6) is -0.287. The van der Waals surface area contributed by atoms with Gasteiger partial charge in [0, 0.05) is 38.0 Å². The van der Waals surface area contributed by atoms with E-state index in [0.29, 0.717) is 23.6 Å². The minimum absolute atomic E-state index is 0.106. The zero-order valence-electron chi connectivity index (χ0n) is 19.6. The van der Waals surface area contributed by atoms with Crippen molar-refractivity contribution in [1.29, 1.82) is 0 Å². The molecule has 0 aliphatic carbocycles. The van der Waals surface area contributed by atoms with Gasteiger partial charge in [0.05, 0.1) is 11.6 Å². The average Bonchev–Trinajstić information content (AvgIpc) is 3.45. The highest BCUT2D eigenvalue weighted by Crippen LogP contribution is 2.44. The number of aliphatic hydroxyl groups is 1. The second-order valence-electron chi connectivity index (χ2n) is 8.77. The van der Waals surface area contributed by atoms with E-state index in [1.807, 2.05) is 73.6 Å². The number of carbonyl (C=O) groups excluding carboxylic acids is 2. The van der Waals surface area contributed by atoms with Crippen LogP contribution < -0.4 is 19.3 Å². The molecule has 0 aromatic heterocycles. The quantitative estimate of drug-likeness (QED) is 0.545. The fourth-order valence-corrected chi connectivity index (χ4v) is 4.50. The van der Waals surface area contributed by atoms with Crippen LogP contribution in [0.3, 0.4) is 0 Å². The first kappa shape index (κ1) is 22.5. The van der Waals surface area contributed by atoms with E-state index >= 15 is 0 Å². The zero-order valence-corrected chi connectivity index (χ0v) is 19.6. The van der Waals surface area contributed by atoms with Crippen LogP contribution in [-0.4, -0.2) is 37.7 Å². The number of nitrogens with zero attached hydrogens (tertiary/aromatic N) is 2. The molecule has 35 heavy (non-hydrogen) atoms. The van der Waals surface area contributed by atoms with Crippen molar-refractivity contribution < 1.29 is 24.2 Å². The Balaban J connectivity index is 1.53. The van der Waals surface area contributed by atoms with Gasteiger partial charge in [-0.25, -0.2) is 0 Å². The van der Waals surface area contributed by atoms with E-state index in [-0.39, 0.29) is 24.6 Å². The minimum atomic E-state index is -0.762. The maximum absolute atomic E-state index is 13.4. The summed E-state index contributed by atoms with van der Waals surface area (Å²) in [4.78, 5) is 30.2. The van der Waals surface area contributed by atoms with Crippen LogP contribution in [0.2, 0.25) is 0 Å². The van der Waals surface area contributed by atoms with Gasteiger partial charge in [0.2, 0.25) is 6.79 Å². The number of carbonyl (C=O) groups is 2. The highest BCUT2D eigenvalue weighted by atomic mass is 16.7. The molecule has 0 saturated carbocycles. The van der Waals surface area contributed by atoms with Crippen molar-refractivity contribution in [3.63, 3.8) is 0 Å². The molecule has 5 rings (SSSR count). The number of benzene rings is 3. The van der Waals surface area contributed by atoms with Gasteiger partial charge >= 0.3 is 0 Å². The number of aryl methyl sites for hydroxylation is 1. The molecule has 7 nitrogen and oxygen atoms in total. The Bertz CT molecular complexity index is 1300. The molecular weight excluding hydrogens is 444 g/mol. The lowest BCUT2D eigenvalue weighted by Crippen LogP contribution is -2.31. The third kappa shape index (κ3) is 4.21. The second kappa shape index (κ2) is 9.18. The van der Waals surface area contributed by atoms with Crippen LogP contribution in [0, 0.1) is 0 Å². The van der Waals surface area contributed by atoms with Crippen LogP contribution in [0.5, 0.6) is 11.5 Å². The molecule has 7 heteroatoms. The number of aliphatic hydroxyl groups excluding tert-OH is 1. The summed E-state index contributed by atoms with van der Waals surface area (Å²) < 4.78 is 10.9. The summed E-state index contributed by atoms with van der Waals surface area (Å²) >= 11 is 0. The summed E-state index contributed by atoms with van der Waals surface area (Å²) in [5, 5.41) is 10.9. The van der Waals surface area contributed by atoms with Gasteiger partial charge < -0.3 is 19.5 Å². The van der Waals surface area contributed by atoms with E-state index in [0.717, 1.165) is 16.8 Å². The number of rotatable bonds is 7. The lowest BCUT2D eigenvalue weighted by Gasteiger charge is -2.27. The monoisotopic (exact) mass is 470 g/mol. The smallest absolute Gasteiger partial charge is 0.294 e. The third-order valence-electron chi connectivity index (χ3n) is 6.35. The van der Waals surface area contributed by atoms with Crippen molar-refractivity contribution in [2.75, 3.05) is 30.7 Å². The normalized spacial score (nSPS) is 16.7. The van der Waals surface area contributed by atoms with Gasteiger partial charge in [-0.05, 0) is 41.8 Å². The Morgan fingerprint density at radius 1 is 1.00 bits per heavy atom. The fraction of sp³-hybridized carbons (Fsp3) is 0.214. The highest BCUT2D eigenvalue weighted by molar-refractivity contribution is 6.16. The molecule has 1 N–H and O–H groups in total. The Morgan fingerprint density at radius 2 is 1.71 bits per heavy atom. The van der Waals surface area contributed by atoms with Crippen LogP contribution in [0.4, 0.5) is 11.4 Å². The van der Waals surface area contributed by atoms with Gasteiger partial charge in [0.15, 0.2) is 23.0 Å². The van der Waals surface area contributed by atoms with Crippen molar-refractivity contribution in [1.82, 2.24) is 0 Å². The number of hydrogen-bond donors (Lipinski definition) is 1. The predicted octanol–water partition coefficient (Wildman–Crippen LogP) is 4.58. The molecular formula is C28H26N2O5. The van der Waals surface area contributed by atoms with Crippen LogP contribution in [0.25, 0.3) is 0 Å². The number of Topliss-reactive ketones (excluding diaryl/α,β-unsaturated/α-hetero) is 1. The SMILES string of the molecule is CN(C)c1ccc(C2C(C(=O)CCc3ccccc3)=C(O)C(=O)N2c2ccc3c(c2)OCO3)cc1. The Kier molecular flexibility index (Phi) is 5.91. The molecule has 1 amide bonds. The number of hydrogen-bond acceptors (Lipinski definition) is 6. The summed E-state index contributed by atoms with van der Waals surface area (Å²) in [6, 6.07) is 21.7. The molecule has 2 heterocycles. The van der Waals surface area contributed by atoms with Crippen LogP contribution in [0.1, 0.15) is 23.6 Å². The van der Waals surface area contributed by atoms with Gasteiger partial charge in [-0.2, -0.15) is 0 Å². The van der Waals surface area contributed by atoms with E-state index in [9.17, 15) is 14.7 Å². The topological polar surface area (TPSA) is 79.3 Å². The van der Waals surface area contributed by atoms with Gasteiger partial charge in [0.25, 0.3) is 5.91 Å². The number of anilines is 2. The lowest BCUT2D eigenvalue weighted by atomic mass is 9.93. The summed E-state index contributed by atoms with van der Waals surface area (Å²) in [6.45, 7) is 0.106. The van der Waals surface area contributed by atoms with E-state index in [4.69, 9.17) is 9.47 Å². The van der Waals surface area contributed by atoms with Crippen LogP contribution in [-0.2, 0) is 16.0 Å². The maximum atomic E-state index is 13.4. The summed E-state index contributed by atoms with van der Waals surface area (Å²) in [6.07, 6.45) is 0.693. The molecule has 3 aromatic rings. The molecule has 178 valence electrons. The van der Waals surface area contributed by atoms with E-state index < -0.39 is 17.7 Å². The molecule has 0 saturated heterocycles. The van der Waals surface area contributed by atoms with Crippen molar-refractivity contribution in [3.05, 3.63) is 95.3 Å². The molecule has 0 radical (unpaired) electrons. The zero-order chi connectivity index (χ0) is 24.5. The Morgan fingerprint density at radius 3 is 2.43 bits per heavy atom. The second-order valence-corrected chi connectivity index (χ2v) is 8.77. The predicted molar refractivity (Wildman–Crippen MR) is 133 cm³/mol. The molecule has 0 fully saturated rings. The summed E-state index contributed by atoms with van der Waals surface area (Å²) in [5.41, 5.74) is 3.36. The molecule has 3 aromatic carbocycles.